The van der Waals surface area contributed by atoms with Crippen molar-refractivity contribution in [3.05, 3.63) is 59.5 Å². The summed E-state index contributed by atoms with van der Waals surface area (Å²) in [5, 5.41) is 0.339. The van der Waals surface area contributed by atoms with Gasteiger partial charge in [0, 0.05) is 35.5 Å². The van der Waals surface area contributed by atoms with Crippen LogP contribution in [-0.2, 0) is 9.84 Å². The second kappa shape index (κ2) is 6.46. The molecular weight excluding hydrogens is 358 g/mol. The molecule has 0 spiro atoms. The van der Waals surface area contributed by atoms with Crippen LogP contribution in [0.1, 0.15) is 5.69 Å². The Morgan fingerprint density at radius 3 is 2.16 bits per heavy atom. The normalized spacial score (nSPS) is 11.5. The van der Waals surface area contributed by atoms with Crippen molar-refractivity contribution >= 4 is 27.1 Å². The molecule has 0 aliphatic carbocycles. The molecule has 128 valence electrons. The first kappa shape index (κ1) is 17.4. The molecular formula is C18H16ClN3O2S. The average Bonchev–Trinajstić information content (AvgIpc) is 2.57. The number of pyridine rings is 2. The molecule has 5 nitrogen and oxygen atoms in total. The molecule has 3 aromatic rings. The van der Waals surface area contributed by atoms with E-state index in [1.807, 2.05) is 19.1 Å². The lowest BCUT2D eigenvalue weighted by Gasteiger charge is -2.13. The maximum absolute atomic E-state index is 11.7. The van der Waals surface area contributed by atoms with Crippen molar-refractivity contribution in [2.24, 2.45) is 0 Å². The number of aryl methyl sites for hydroxylation is 1. The zero-order valence-electron chi connectivity index (χ0n) is 13.7. The lowest BCUT2D eigenvalue weighted by atomic mass is 9.98. The highest BCUT2D eigenvalue weighted by atomic mass is 35.5. The highest BCUT2D eigenvalue weighted by Gasteiger charge is 2.16. The molecule has 0 amide bonds. The molecule has 0 unspecified atom stereocenters. The fraction of sp³-hybridized carbons (Fsp3) is 0.111. The fourth-order valence-electron chi connectivity index (χ4n) is 2.49. The summed E-state index contributed by atoms with van der Waals surface area (Å²) >= 11 is 6.15. The van der Waals surface area contributed by atoms with Crippen molar-refractivity contribution in [2.75, 3.05) is 12.0 Å². The van der Waals surface area contributed by atoms with E-state index in [0.29, 0.717) is 22.0 Å². The smallest absolute Gasteiger partial charge is 0.175 e. The molecule has 0 atom stereocenters. The summed E-state index contributed by atoms with van der Waals surface area (Å²) in [5.74, 6) is 0. The summed E-state index contributed by atoms with van der Waals surface area (Å²) < 4.78 is 23.3. The van der Waals surface area contributed by atoms with Crippen LogP contribution in [0.25, 0.3) is 22.4 Å². The van der Waals surface area contributed by atoms with Crippen LogP contribution in [0, 0.1) is 6.92 Å². The van der Waals surface area contributed by atoms with Gasteiger partial charge in [0.25, 0.3) is 0 Å². The summed E-state index contributed by atoms with van der Waals surface area (Å²) in [6.07, 6.45) is 4.39. The summed E-state index contributed by atoms with van der Waals surface area (Å²) in [7, 11) is -3.27. The second-order valence-electron chi connectivity index (χ2n) is 5.73. The number of nitrogens with two attached hydrogens (primary N) is 1. The van der Waals surface area contributed by atoms with Crippen LogP contribution in [-0.4, -0.2) is 24.6 Å². The zero-order valence-corrected chi connectivity index (χ0v) is 15.3. The standard InChI is InChI=1S/C18H16ClN3O2S/c1-11-3-4-13(9-21-11)18-16(17(20)15(19)10-22-18)12-5-7-14(8-6-12)25(2,23)24/h3-10H,1-2H3,(H2,20,22). The van der Waals surface area contributed by atoms with Gasteiger partial charge in [0.05, 0.1) is 21.3 Å². The Hall–Kier alpha value is -2.44. The third kappa shape index (κ3) is 3.50. The van der Waals surface area contributed by atoms with Gasteiger partial charge in [-0.15, -0.1) is 0 Å². The average molecular weight is 374 g/mol. The molecule has 0 saturated carbocycles. The Morgan fingerprint density at radius 1 is 0.960 bits per heavy atom. The molecule has 2 aromatic heterocycles. The van der Waals surface area contributed by atoms with E-state index in [1.54, 1.807) is 30.5 Å². The predicted molar refractivity (Wildman–Crippen MR) is 100 cm³/mol. The van der Waals surface area contributed by atoms with Gasteiger partial charge in [0.1, 0.15) is 0 Å². The number of nitrogens with zero attached hydrogens (tertiary/aromatic N) is 2. The van der Waals surface area contributed by atoms with Gasteiger partial charge in [-0.3, -0.25) is 9.97 Å². The van der Waals surface area contributed by atoms with Gasteiger partial charge in [0.2, 0.25) is 0 Å². The van der Waals surface area contributed by atoms with Gasteiger partial charge in [-0.25, -0.2) is 8.42 Å². The number of halogens is 1. The van der Waals surface area contributed by atoms with Crippen LogP contribution in [0.2, 0.25) is 5.02 Å². The molecule has 2 heterocycles. The van der Waals surface area contributed by atoms with E-state index >= 15 is 0 Å². The van der Waals surface area contributed by atoms with E-state index < -0.39 is 9.84 Å². The topological polar surface area (TPSA) is 85.9 Å². The zero-order chi connectivity index (χ0) is 18.2. The van der Waals surface area contributed by atoms with Crippen LogP contribution in [0.4, 0.5) is 5.69 Å². The minimum absolute atomic E-state index is 0.239. The molecule has 0 aliphatic heterocycles. The molecule has 2 N–H and O–H groups in total. The van der Waals surface area contributed by atoms with Crippen molar-refractivity contribution in [1.29, 1.82) is 0 Å². The molecule has 1 aromatic carbocycles. The highest BCUT2D eigenvalue weighted by molar-refractivity contribution is 7.90. The molecule has 7 heteroatoms. The number of anilines is 1. The van der Waals surface area contributed by atoms with Crippen LogP contribution < -0.4 is 5.73 Å². The van der Waals surface area contributed by atoms with E-state index in [2.05, 4.69) is 9.97 Å². The van der Waals surface area contributed by atoms with Gasteiger partial charge in [0.15, 0.2) is 9.84 Å². The first-order valence-corrected chi connectivity index (χ1v) is 9.72. The van der Waals surface area contributed by atoms with E-state index in [1.165, 1.54) is 12.5 Å². The van der Waals surface area contributed by atoms with Crippen LogP contribution in [0.15, 0.2) is 53.7 Å². The summed E-state index contributed by atoms with van der Waals surface area (Å²) in [6, 6.07) is 10.3. The van der Waals surface area contributed by atoms with E-state index in [4.69, 9.17) is 17.3 Å². The predicted octanol–water partition coefficient (Wildman–Crippen LogP) is 3.76. The SMILES string of the molecule is Cc1ccc(-c2ncc(Cl)c(N)c2-c2ccc(S(C)(=O)=O)cc2)cn1. The van der Waals surface area contributed by atoms with Gasteiger partial charge < -0.3 is 5.73 Å². The highest BCUT2D eigenvalue weighted by Crippen LogP contribution is 2.38. The number of hydrogen-bond acceptors (Lipinski definition) is 5. The van der Waals surface area contributed by atoms with Crippen molar-refractivity contribution in [2.45, 2.75) is 11.8 Å². The van der Waals surface area contributed by atoms with Gasteiger partial charge in [-0.2, -0.15) is 0 Å². The molecule has 25 heavy (non-hydrogen) atoms. The summed E-state index contributed by atoms with van der Waals surface area (Å²) in [4.78, 5) is 8.95. The Kier molecular flexibility index (Phi) is 4.49. The van der Waals surface area contributed by atoms with Crippen molar-refractivity contribution in [3.8, 4) is 22.4 Å². The molecule has 0 saturated heterocycles. The maximum Gasteiger partial charge on any atom is 0.175 e. The number of sulfone groups is 1. The second-order valence-corrected chi connectivity index (χ2v) is 8.15. The first-order chi connectivity index (χ1) is 11.8. The minimum atomic E-state index is -3.27. The van der Waals surface area contributed by atoms with E-state index in [9.17, 15) is 8.42 Å². The molecule has 0 fully saturated rings. The molecule has 0 aliphatic rings. The minimum Gasteiger partial charge on any atom is -0.397 e. The first-order valence-electron chi connectivity index (χ1n) is 7.45. The largest absolute Gasteiger partial charge is 0.397 e. The van der Waals surface area contributed by atoms with Gasteiger partial charge in [-0.05, 0) is 36.8 Å². The van der Waals surface area contributed by atoms with Crippen LogP contribution >= 0.6 is 11.6 Å². The fourth-order valence-corrected chi connectivity index (χ4v) is 3.26. The Bertz CT molecular complexity index is 1030. The Morgan fingerprint density at radius 2 is 1.60 bits per heavy atom. The number of benzene rings is 1. The van der Waals surface area contributed by atoms with Crippen LogP contribution in [0.3, 0.4) is 0 Å². The quantitative estimate of drug-likeness (QED) is 0.755. The lowest BCUT2D eigenvalue weighted by Crippen LogP contribution is -1.99. The monoisotopic (exact) mass is 373 g/mol. The number of aromatic nitrogens is 2. The summed E-state index contributed by atoms with van der Waals surface area (Å²) in [6.45, 7) is 1.90. The van der Waals surface area contributed by atoms with Crippen LogP contribution in [0.5, 0.6) is 0 Å². The third-order valence-electron chi connectivity index (χ3n) is 3.83. The third-order valence-corrected chi connectivity index (χ3v) is 5.26. The summed E-state index contributed by atoms with van der Waals surface area (Å²) in [5.41, 5.74) is 10.3. The van der Waals surface area contributed by atoms with E-state index in [0.717, 1.165) is 16.8 Å². The maximum atomic E-state index is 11.7. The Balaban J connectivity index is 2.21. The number of hydrogen-bond donors (Lipinski definition) is 1. The van der Waals surface area contributed by atoms with Gasteiger partial charge >= 0.3 is 0 Å². The molecule has 3 rings (SSSR count). The van der Waals surface area contributed by atoms with Gasteiger partial charge in [-0.1, -0.05) is 23.7 Å². The van der Waals surface area contributed by atoms with Crippen molar-refractivity contribution in [1.82, 2.24) is 9.97 Å². The van der Waals surface area contributed by atoms with Crippen molar-refractivity contribution < 1.29 is 8.42 Å². The lowest BCUT2D eigenvalue weighted by molar-refractivity contribution is 0.602. The molecule has 0 bridgehead atoms. The number of rotatable bonds is 3. The molecule has 0 radical (unpaired) electrons. The number of nitrogen functional groups attached to an aromatic ring is 1. The van der Waals surface area contributed by atoms with E-state index in [-0.39, 0.29) is 4.90 Å². The Labute approximate surface area is 151 Å². The van der Waals surface area contributed by atoms with Crippen molar-refractivity contribution in [3.63, 3.8) is 0 Å².